The van der Waals surface area contributed by atoms with Crippen molar-refractivity contribution in [3.8, 4) is 0 Å². The van der Waals surface area contributed by atoms with Crippen molar-refractivity contribution in [3.63, 3.8) is 0 Å². The lowest BCUT2D eigenvalue weighted by Crippen LogP contribution is -2.67. The molecule has 208 valence electrons. The van der Waals surface area contributed by atoms with Crippen molar-refractivity contribution in [2.45, 2.75) is 94.1 Å². The van der Waals surface area contributed by atoms with Crippen LogP contribution in [-0.4, -0.2) is 129 Å². The van der Waals surface area contributed by atoms with Gasteiger partial charge in [0.2, 0.25) is 11.8 Å². The van der Waals surface area contributed by atoms with Gasteiger partial charge in [-0.25, -0.2) is 0 Å². The highest BCUT2D eigenvalue weighted by Crippen LogP contribution is 2.34. The number of amides is 2. The van der Waals surface area contributed by atoms with Gasteiger partial charge in [-0.15, -0.1) is 6.58 Å². The van der Waals surface area contributed by atoms with Crippen molar-refractivity contribution in [1.82, 2.24) is 10.6 Å². The van der Waals surface area contributed by atoms with Gasteiger partial charge in [0.05, 0.1) is 32.0 Å². The van der Waals surface area contributed by atoms with Crippen molar-refractivity contribution < 1.29 is 59.2 Å². The summed E-state index contributed by atoms with van der Waals surface area (Å²) >= 11 is 0. The number of aliphatic hydroxyl groups is 6. The highest BCUT2D eigenvalue weighted by molar-refractivity contribution is 5.73. The highest BCUT2D eigenvalue weighted by Gasteiger charge is 2.51. The SMILES string of the molecule is C=CCO[C@H]1OC(CO[C@]2(C)C[C@@H](O)[C@@H](NC(C)=O)C([C@H](O)[C@H](O)CO)O2)[C@H](O)[C@H](O)C1NC(C)=O. The van der Waals surface area contributed by atoms with Crippen LogP contribution in [0.5, 0.6) is 0 Å². The second-order valence-corrected chi connectivity index (χ2v) is 9.14. The van der Waals surface area contributed by atoms with Gasteiger partial charge >= 0.3 is 0 Å². The third-order valence-corrected chi connectivity index (χ3v) is 6.02. The molecule has 8 N–H and O–H groups in total. The first-order valence-electron chi connectivity index (χ1n) is 11.6. The van der Waals surface area contributed by atoms with E-state index in [9.17, 15) is 40.2 Å². The van der Waals surface area contributed by atoms with Gasteiger partial charge in [-0.1, -0.05) is 6.08 Å². The molecule has 0 aromatic heterocycles. The van der Waals surface area contributed by atoms with Gasteiger partial charge in [-0.05, 0) is 6.92 Å². The molecule has 2 amide bonds. The lowest BCUT2D eigenvalue weighted by Gasteiger charge is -2.48. The molecular weight excluding hydrogens is 484 g/mol. The molecule has 2 heterocycles. The minimum Gasteiger partial charge on any atom is -0.394 e. The molecule has 2 saturated heterocycles. The first-order chi connectivity index (χ1) is 16.8. The molecule has 2 aliphatic rings. The van der Waals surface area contributed by atoms with Crippen LogP contribution in [0.2, 0.25) is 0 Å². The normalized spacial score (nSPS) is 38.6. The summed E-state index contributed by atoms with van der Waals surface area (Å²) in [6.45, 7) is 6.26. The minimum absolute atomic E-state index is 0.0292. The zero-order valence-electron chi connectivity index (χ0n) is 20.5. The Morgan fingerprint density at radius 1 is 1.14 bits per heavy atom. The number of hydrogen-bond acceptors (Lipinski definition) is 12. The van der Waals surface area contributed by atoms with E-state index in [1.54, 1.807) is 0 Å². The quantitative estimate of drug-likeness (QED) is 0.123. The summed E-state index contributed by atoms with van der Waals surface area (Å²) in [4.78, 5) is 23.1. The summed E-state index contributed by atoms with van der Waals surface area (Å²) < 4.78 is 22.9. The molecule has 11 atom stereocenters. The van der Waals surface area contributed by atoms with Crippen molar-refractivity contribution in [2.75, 3.05) is 19.8 Å². The summed E-state index contributed by atoms with van der Waals surface area (Å²) in [6.07, 6.45) is -10.0. The summed E-state index contributed by atoms with van der Waals surface area (Å²) in [5.74, 6) is -2.60. The van der Waals surface area contributed by atoms with E-state index in [0.717, 1.165) is 0 Å². The van der Waals surface area contributed by atoms with Crippen LogP contribution in [0.4, 0.5) is 0 Å². The molecule has 0 saturated carbocycles. The van der Waals surface area contributed by atoms with E-state index in [-0.39, 0.29) is 19.6 Å². The first-order valence-corrected chi connectivity index (χ1v) is 11.6. The molecule has 2 rings (SSSR count). The molecule has 2 aliphatic heterocycles. The van der Waals surface area contributed by atoms with Crippen LogP contribution in [0.15, 0.2) is 12.7 Å². The van der Waals surface area contributed by atoms with Crippen molar-refractivity contribution in [3.05, 3.63) is 12.7 Å². The molecule has 0 aliphatic carbocycles. The van der Waals surface area contributed by atoms with Gasteiger partial charge in [0.1, 0.15) is 42.7 Å². The Morgan fingerprint density at radius 2 is 1.75 bits per heavy atom. The molecule has 36 heavy (non-hydrogen) atoms. The topological polar surface area (TPSA) is 216 Å². The fraction of sp³-hybridized carbons (Fsp3) is 0.818. The summed E-state index contributed by atoms with van der Waals surface area (Å²) in [6, 6.07) is -2.20. The maximum atomic E-state index is 11.6. The van der Waals surface area contributed by atoms with Crippen LogP contribution in [0, 0.1) is 0 Å². The molecule has 3 unspecified atom stereocenters. The zero-order valence-corrected chi connectivity index (χ0v) is 20.5. The van der Waals surface area contributed by atoms with Crippen molar-refractivity contribution in [2.24, 2.45) is 0 Å². The standard InChI is InChI=1S/C22H38N2O12/c1-5-6-33-21-16(24-11(3)27)19(32)18(31)14(35-21)9-34-22(4)7-12(28)15(23-10(2)26)20(36-22)17(30)13(29)8-25/h5,12-21,25,28-32H,1,6-9H2,2-4H3,(H,23,26)(H,24,27)/t12-,13-,14?,15-,16?,17-,18+,19-,20?,21+,22+/m1/s1. The number of hydrogen-bond donors (Lipinski definition) is 8. The fourth-order valence-corrected chi connectivity index (χ4v) is 4.27. The molecule has 0 radical (unpaired) electrons. The maximum Gasteiger partial charge on any atom is 0.217 e. The number of carbonyl (C=O) groups is 2. The van der Waals surface area contributed by atoms with Gasteiger partial charge < -0.3 is 60.2 Å². The lowest BCUT2D eigenvalue weighted by atomic mass is 9.89. The summed E-state index contributed by atoms with van der Waals surface area (Å²) in [5.41, 5.74) is 0. The monoisotopic (exact) mass is 522 g/mol. The number of nitrogens with one attached hydrogen (secondary N) is 2. The summed E-state index contributed by atoms with van der Waals surface area (Å²) in [7, 11) is 0. The van der Waals surface area contributed by atoms with E-state index in [4.69, 9.17) is 18.9 Å². The van der Waals surface area contributed by atoms with E-state index in [2.05, 4.69) is 17.2 Å². The van der Waals surface area contributed by atoms with Gasteiger partial charge in [0, 0.05) is 20.3 Å². The average Bonchev–Trinajstić information content (AvgIpc) is 2.81. The van der Waals surface area contributed by atoms with Crippen LogP contribution in [0.1, 0.15) is 27.2 Å². The van der Waals surface area contributed by atoms with Crippen LogP contribution >= 0.6 is 0 Å². The number of ether oxygens (including phenoxy) is 4. The fourth-order valence-electron chi connectivity index (χ4n) is 4.27. The number of aliphatic hydroxyl groups excluding tert-OH is 6. The Hall–Kier alpha value is -1.72. The van der Waals surface area contributed by atoms with Gasteiger partial charge in [-0.3, -0.25) is 9.59 Å². The van der Waals surface area contributed by atoms with E-state index in [0.29, 0.717) is 0 Å². The zero-order chi connectivity index (χ0) is 27.2. The molecule has 14 heteroatoms. The predicted molar refractivity (Wildman–Crippen MR) is 121 cm³/mol. The second kappa shape index (κ2) is 13.2. The van der Waals surface area contributed by atoms with E-state index in [1.807, 2.05) is 0 Å². The third-order valence-electron chi connectivity index (χ3n) is 6.02. The van der Waals surface area contributed by atoms with Crippen molar-refractivity contribution in [1.29, 1.82) is 0 Å². The predicted octanol–water partition coefficient (Wildman–Crippen LogP) is -3.76. The molecule has 14 nitrogen and oxygen atoms in total. The Bertz CT molecular complexity index is 757. The van der Waals surface area contributed by atoms with Gasteiger partial charge in [-0.2, -0.15) is 0 Å². The maximum absolute atomic E-state index is 11.6. The molecule has 0 spiro atoms. The van der Waals surface area contributed by atoms with E-state index < -0.39 is 85.3 Å². The van der Waals surface area contributed by atoms with Crippen LogP contribution < -0.4 is 10.6 Å². The summed E-state index contributed by atoms with van der Waals surface area (Å²) in [5, 5.41) is 66.5. The van der Waals surface area contributed by atoms with E-state index >= 15 is 0 Å². The van der Waals surface area contributed by atoms with E-state index in [1.165, 1.54) is 26.8 Å². The smallest absolute Gasteiger partial charge is 0.217 e. The Balaban J connectivity index is 2.17. The van der Waals surface area contributed by atoms with Gasteiger partial charge in [0.25, 0.3) is 0 Å². The largest absolute Gasteiger partial charge is 0.394 e. The second-order valence-electron chi connectivity index (χ2n) is 9.14. The molecule has 2 fully saturated rings. The van der Waals surface area contributed by atoms with Crippen LogP contribution in [-0.2, 0) is 28.5 Å². The number of carbonyl (C=O) groups excluding carboxylic acids is 2. The van der Waals surface area contributed by atoms with Crippen LogP contribution in [0.25, 0.3) is 0 Å². The van der Waals surface area contributed by atoms with Crippen LogP contribution in [0.3, 0.4) is 0 Å². The van der Waals surface area contributed by atoms with Crippen molar-refractivity contribution >= 4 is 11.8 Å². The first kappa shape index (κ1) is 30.5. The molecule has 0 aromatic rings. The third kappa shape index (κ3) is 7.64. The highest BCUT2D eigenvalue weighted by atomic mass is 16.7. The minimum atomic E-state index is -1.70. The Morgan fingerprint density at radius 3 is 2.31 bits per heavy atom. The van der Waals surface area contributed by atoms with Gasteiger partial charge in [0.15, 0.2) is 12.1 Å². The molecule has 0 bridgehead atoms. The lowest BCUT2D eigenvalue weighted by molar-refractivity contribution is -0.332. The average molecular weight is 523 g/mol. The Kier molecular flexibility index (Phi) is 11.2. The number of rotatable bonds is 11. The molecule has 0 aromatic carbocycles. The molecular formula is C22H38N2O12. The Labute approximate surface area is 208 Å².